The summed E-state index contributed by atoms with van der Waals surface area (Å²) < 4.78 is 0. The molecule has 0 atom stereocenters. The fourth-order valence-electron chi connectivity index (χ4n) is 1.61. The fraction of sp³-hybridized carbons (Fsp3) is 0.231. The predicted octanol–water partition coefficient (Wildman–Crippen LogP) is 3.55. The van der Waals surface area contributed by atoms with Crippen molar-refractivity contribution in [3.05, 3.63) is 40.0 Å². The summed E-state index contributed by atoms with van der Waals surface area (Å²) in [7, 11) is 0. The van der Waals surface area contributed by atoms with Crippen molar-refractivity contribution in [3.63, 3.8) is 0 Å². The Kier molecular flexibility index (Phi) is 2.88. The topological polar surface area (TPSA) is 30.0 Å². The lowest BCUT2D eigenvalue weighted by molar-refractivity contribution is 0.112. The van der Waals surface area contributed by atoms with E-state index in [1.54, 1.807) is 11.3 Å². The van der Waals surface area contributed by atoms with E-state index < -0.39 is 0 Å². The molecule has 16 heavy (non-hydrogen) atoms. The van der Waals surface area contributed by atoms with Gasteiger partial charge in [0.25, 0.3) is 0 Å². The summed E-state index contributed by atoms with van der Waals surface area (Å²) in [5, 5.41) is 0.926. The first kappa shape index (κ1) is 11.0. The highest BCUT2D eigenvalue weighted by Gasteiger charge is 2.10. The van der Waals surface area contributed by atoms with Crippen molar-refractivity contribution in [2.75, 3.05) is 0 Å². The first-order valence-corrected chi connectivity index (χ1v) is 5.93. The highest BCUT2D eigenvalue weighted by atomic mass is 32.1. The Labute approximate surface area is 99.0 Å². The van der Waals surface area contributed by atoms with Crippen LogP contribution in [0.25, 0.3) is 10.4 Å². The van der Waals surface area contributed by atoms with E-state index in [-0.39, 0.29) is 0 Å². The molecule has 0 unspecified atom stereocenters. The first-order chi connectivity index (χ1) is 7.61. The average molecular weight is 231 g/mol. The number of thiazole rings is 1. The number of aryl methyl sites for hydroxylation is 3. The molecule has 0 radical (unpaired) electrons. The molecule has 0 bridgehead atoms. The second-order valence-electron chi connectivity index (χ2n) is 3.86. The highest BCUT2D eigenvalue weighted by molar-refractivity contribution is 7.15. The molecule has 1 aromatic carbocycles. The summed E-state index contributed by atoms with van der Waals surface area (Å²) in [6.45, 7) is 6.08. The number of rotatable bonds is 2. The van der Waals surface area contributed by atoms with Crippen LogP contribution in [-0.4, -0.2) is 11.3 Å². The molecule has 0 saturated carbocycles. The van der Waals surface area contributed by atoms with Crippen LogP contribution in [0.3, 0.4) is 0 Å². The van der Waals surface area contributed by atoms with Crippen molar-refractivity contribution in [3.8, 4) is 10.4 Å². The minimum absolute atomic E-state index is 0.547. The molecule has 1 aromatic heterocycles. The summed E-state index contributed by atoms with van der Waals surface area (Å²) in [6.07, 6.45) is 0.827. The first-order valence-electron chi connectivity index (χ1n) is 5.12. The molecule has 0 aliphatic carbocycles. The van der Waals surface area contributed by atoms with E-state index in [1.807, 2.05) is 13.0 Å². The van der Waals surface area contributed by atoms with Gasteiger partial charge in [-0.05, 0) is 37.5 Å². The van der Waals surface area contributed by atoms with Crippen LogP contribution < -0.4 is 0 Å². The number of nitrogens with zero attached hydrogens (tertiary/aromatic N) is 1. The van der Waals surface area contributed by atoms with E-state index in [0.717, 1.165) is 21.7 Å². The van der Waals surface area contributed by atoms with E-state index in [0.29, 0.717) is 5.69 Å². The van der Waals surface area contributed by atoms with Crippen LogP contribution in [0.1, 0.15) is 26.6 Å². The van der Waals surface area contributed by atoms with E-state index in [9.17, 15) is 4.79 Å². The van der Waals surface area contributed by atoms with Crippen LogP contribution in [0.2, 0.25) is 0 Å². The van der Waals surface area contributed by atoms with Gasteiger partial charge in [-0.1, -0.05) is 18.2 Å². The van der Waals surface area contributed by atoms with Gasteiger partial charge < -0.3 is 0 Å². The van der Waals surface area contributed by atoms with Crippen LogP contribution >= 0.6 is 11.3 Å². The van der Waals surface area contributed by atoms with Gasteiger partial charge in [0.15, 0.2) is 6.29 Å². The summed E-state index contributed by atoms with van der Waals surface area (Å²) in [4.78, 5) is 16.1. The third-order valence-corrected chi connectivity index (χ3v) is 3.68. The third-order valence-electron chi connectivity index (χ3n) is 2.64. The number of hydrogen-bond donors (Lipinski definition) is 0. The van der Waals surface area contributed by atoms with Gasteiger partial charge in [0, 0.05) is 0 Å². The molecule has 2 aromatic rings. The quantitative estimate of drug-likeness (QED) is 0.740. The molecule has 3 heteroatoms. The molecule has 0 N–H and O–H groups in total. The minimum atomic E-state index is 0.547. The maximum Gasteiger partial charge on any atom is 0.169 e. The summed E-state index contributed by atoms with van der Waals surface area (Å²) in [5.41, 5.74) is 4.12. The summed E-state index contributed by atoms with van der Waals surface area (Å²) >= 11 is 1.56. The van der Waals surface area contributed by atoms with E-state index in [1.165, 1.54) is 11.1 Å². The molecular formula is C13H13NOS. The van der Waals surface area contributed by atoms with Gasteiger partial charge in [-0.3, -0.25) is 4.79 Å². The Morgan fingerprint density at radius 2 is 1.94 bits per heavy atom. The molecule has 0 aliphatic heterocycles. The Bertz CT molecular complexity index is 543. The fourth-order valence-corrected chi connectivity index (χ4v) is 2.50. The van der Waals surface area contributed by atoms with Gasteiger partial charge in [-0.2, -0.15) is 0 Å². The molecule has 2 rings (SSSR count). The summed E-state index contributed by atoms with van der Waals surface area (Å²) in [6, 6.07) is 6.23. The molecule has 0 amide bonds. The second kappa shape index (κ2) is 4.18. The van der Waals surface area contributed by atoms with Gasteiger partial charge in [-0.15, -0.1) is 11.3 Å². The zero-order chi connectivity index (χ0) is 11.7. The number of benzene rings is 1. The molecule has 0 fully saturated rings. The lowest BCUT2D eigenvalue weighted by Gasteiger charge is -2.03. The van der Waals surface area contributed by atoms with E-state index in [2.05, 4.69) is 31.0 Å². The smallest absolute Gasteiger partial charge is 0.169 e. The highest BCUT2D eigenvalue weighted by Crippen LogP contribution is 2.30. The normalized spacial score (nSPS) is 10.4. The number of aldehydes is 1. The molecule has 82 valence electrons. The van der Waals surface area contributed by atoms with E-state index in [4.69, 9.17) is 0 Å². The van der Waals surface area contributed by atoms with Crippen molar-refractivity contribution in [1.29, 1.82) is 0 Å². The van der Waals surface area contributed by atoms with Crippen LogP contribution in [0.5, 0.6) is 0 Å². The van der Waals surface area contributed by atoms with Gasteiger partial charge in [0.2, 0.25) is 0 Å². The second-order valence-corrected chi connectivity index (χ2v) is 5.07. The Hall–Kier alpha value is -1.48. The van der Waals surface area contributed by atoms with Crippen LogP contribution in [0, 0.1) is 20.8 Å². The van der Waals surface area contributed by atoms with Gasteiger partial charge >= 0.3 is 0 Å². The van der Waals surface area contributed by atoms with Crippen LogP contribution in [-0.2, 0) is 0 Å². The third kappa shape index (κ3) is 1.91. The van der Waals surface area contributed by atoms with E-state index >= 15 is 0 Å². The van der Waals surface area contributed by atoms with Crippen LogP contribution in [0.4, 0.5) is 0 Å². The van der Waals surface area contributed by atoms with Gasteiger partial charge in [-0.25, -0.2) is 4.98 Å². The minimum Gasteiger partial charge on any atom is -0.296 e. The molecular weight excluding hydrogens is 218 g/mol. The van der Waals surface area contributed by atoms with Gasteiger partial charge in [0.1, 0.15) is 5.69 Å². The monoisotopic (exact) mass is 231 g/mol. The molecule has 1 heterocycles. The van der Waals surface area contributed by atoms with Gasteiger partial charge in [0.05, 0.1) is 9.88 Å². The van der Waals surface area contributed by atoms with Crippen LogP contribution in [0.15, 0.2) is 18.2 Å². The zero-order valence-corrected chi connectivity index (χ0v) is 10.4. The SMILES string of the molecule is Cc1nc(C=O)c(-c2ccc(C)c(C)c2)s1. The standard InChI is InChI=1S/C13H13NOS/c1-8-4-5-11(6-9(8)2)13-12(7-15)14-10(3)16-13/h4-7H,1-3H3. The van der Waals surface area contributed by atoms with Crippen molar-refractivity contribution in [2.24, 2.45) is 0 Å². The van der Waals surface area contributed by atoms with Crippen molar-refractivity contribution in [1.82, 2.24) is 4.98 Å². The number of hydrogen-bond acceptors (Lipinski definition) is 3. The summed E-state index contributed by atoms with van der Waals surface area (Å²) in [5.74, 6) is 0. The lowest BCUT2D eigenvalue weighted by Crippen LogP contribution is -1.86. The zero-order valence-electron chi connectivity index (χ0n) is 9.57. The van der Waals surface area contributed by atoms with Crippen molar-refractivity contribution < 1.29 is 4.79 Å². The molecule has 0 spiro atoms. The van der Waals surface area contributed by atoms with Crippen molar-refractivity contribution >= 4 is 17.6 Å². The Morgan fingerprint density at radius 3 is 2.56 bits per heavy atom. The molecule has 2 nitrogen and oxygen atoms in total. The number of aromatic nitrogens is 1. The Balaban J connectivity index is 2.57. The molecule has 0 saturated heterocycles. The maximum atomic E-state index is 10.9. The van der Waals surface area contributed by atoms with Crippen molar-refractivity contribution in [2.45, 2.75) is 20.8 Å². The average Bonchev–Trinajstić information content (AvgIpc) is 2.63. The lowest BCUT2D eigenvalue weighted by atomic mass is 10.0. The maximum absolute atomic E-state index is 10.9. The predicted molar refractivity (Wildman–Crippen MR) is 67.1 cm³/mol. The Morgan fingerprint density at radius 1 is 1.19 bits per heavy atom. The number of carbonyl (C=O) groups excluding carboxylic acids is 1. The largest absolute Gasteiger partial charge is 0.296 e. The molecule has 0 aliphatic rings. The number of carbonyl (C=O) groups is 1.